The number of hydrogen-bond acceptors (Lipinski definition) is 7. The lowest BCUT2D eigenvalue weighted by Gasteiger charge is -2.11. The van der Waals surface area contributed by atoms with Gasteiger partial charge in [-0.3, -0.25) is 9.69 Å². The molecule has 148 valence electrons. The highest BCUT2D eigenvalue weighted by Crippen LogP contribution is 2.30. The fourth-order valence-electron chi connectivity index (χ4n) is 2.91. The predicted molar refractivity (Wildman–Crippen MR) is 105 cm³/mol. The zero-order valence-electron chi connectivity index (χ0n) is 14.6. The van der Waals surface area contributed by atoms with E-state index < -0.39 is 12.2 Å². The van der Waals surface area contributed by atoms with Crippen molar-refractivity contribution in [3.05, 3.63) is 38.4 Å². The first-order chi connectivity index (χ1) is 13.5. The van der Waals surface area contributed by atoms with Gasteiger partial charge in [-0.15, -0.1) is 22.7 Å². The average molecular weight is 442 g/mol. The number of rotatable bonds is 6. The predicted octanol–water partition coefficient (Wildman–Crippen LogP) is 3.17. The van der Waals surface area contributed by atoms with Crippen molar-refractivity contribution in [2.24, 2.45) is 0 Å². The lowest BCUT2D eigenvalue weighted by Crippen LogP contribution is -2.34. The molecule has 0 radical (unpaired) electrons. The van der Waals surface area contributed by atoms with Gasteiger partial charge in [0.15, 0.2) is 0 Å². The molecule has 2 fully saturated rings. The van der Waals surface area contributed by atoms with Crippen molar-refractivity contribution in [1.82, 2.24) is 10.2 Å². The number of thiophene rings is 2. The van der Waals surface area contributed by atoms with E-state index in [-0.39, 0.29) is 18.5 Å². The molecule has 2 aliphatic rings. The van der Waals surface area contributed by atoms with Crippen molar-refractivity contribution in [3.8, 4) is 0 Å². The maximum atomic E-state index is 12.2. The Bertz CT molecular complexity index is 914. The molecule has 2 aromatic heterocycles. The van der Waals surface area contributed by atoms with Crippen LogP contribution in [0.2, 0.25) is 4.34 Å². The molecule has 2 aromatic rings. The second-order valence-corrected chi connectivity index (χ2v) is 8.86. The molecule has 28 heavy (non-hydrogen) atoms. The van der Waals surface area contributed by atoms with Gasteiger partial charge in [-0.25, -0.2) is 9.59 Å². The molecule has 0 bridgehead atoms. The fourth-order valence-corrected chi connectivity index (χ4v) is 4.78. The van der Waals surface area contributed by atoms with Crippen LogP contribution in [0.4, 0.5) is 14.6 Å². The maximum Gasteiger partial charge on any atom is 0.415 e. The van der Waals surface area contributed by atoms with Gasteiger partial charge in [0.25, 0.3) is 5.91 Å². The summed E-state index contributed by atoms with van der Waals surface area (Å²) in [7, 11) is 0. The number of nitrogens with zero attached hydrogens (tertiary/aromatic N) is 2. The summed E-state index contributed by atoms with van der Waals surface area (Å²) in [5, 5.41) is 5.41. The molecule has 4 rings (SSSR count). The lowest BCUT2D eigenvalue weighted by molar-refractivity contribution is 0.0920. The van der Waals surface area contributed by atoms with Gasteiger partial charge in [0.1, 0.15) is 17.7 Å². The number of halogens is 1. The van der Waals surface area contributed by atoms with Crippen LogP contribution in [0.15, 0.2) is 23.6 Å². The molecule has 0 aliphatic carbocycles. The van der Waals surface area contributed by atoms with Crippen LogP contribution in [0.1, 0.15) is 15.2 Å². The van der Waals surface area contributed by atoms with Gasteiger partial charge in [0.05, 0.1) is 35.4 Å². The number of nitrogens with one attached hydrogen (secondary N) is 1. The summed E-state index contributed by atoms with van der Waals surface area (Å²) in [6.45, 7) is 1.97. The number of cyclic esters (lactones) is 2. The van der Waals surface area contributed by atoms with Crippen molar-refractivity contribution >= 4 is 57.4 Å². The first kappa shape index (κ1) is 19.0. The molecule has 0 unspecified atom stereocenters. The molecule has 3 amide bonds. The Morgan fingerprint density at radius 3 is 2.89 bits per heavy atom. The van der Waals surface area contributed by atoms with Crippen LogP contribution in [-0.2, 0) is 16.0 Å². The Labute approximate surface area is 173 Å². The minimum absolute atomic E-state index is 0.217. The van der Waals surface area contributed by atoms with Crippen LogP contribution in [0, 0.1) is 0 Å². The normalized spacial score (nSPS) is 19.1. The zero-order valence-corrected chi connectivity index (χ0v) is 16.9. The molecule has 4 heterocycles. The van der Waals surface area contributed by atoms with E-state index in [9.17, 15) is 14.4 Å². The van der Waals surface area contributed by atoms with Crippen LogP contribution in [0.5, 0.6) is 0 Å². The molecular formula is C17H16ClN3O5S2. The van der Waals surface area contributed by atoms with Crippen molar-refractivity contribution in [2.75, 3.05) is 31.1 Å². The first-order valence-corrected chi connectivity index (χ1v) is 10.6. The van der Waals surface area contributed by atoms with Crippen LogP contribution < -0.4 is 10.2 Å². The summed E-state index contributed by atoms with van der Waals surface area (Å²) < 4.78 is 10.8. The number of ether oxygens (including phenoxy) is 2. The highest BCUT2D eigenvalue weighted by molar-refractivity contribution is 7.18. The summed E-state index contributed by atoms with van der Waals surface area (Å²) in [5.74, 6) is -0.248. The number of carbonyl (C=O) groups excluding carboxylic acids is 3. The molecule has 0 spiro atoms. The van der Waals surface area contributed by atoms with E-state index in [1.54, 1.807) is 17.0 Å². The van der Waals surface area contributed by atoms with E-state index in [4.69, 9.17) is 21.1 Å². The van der Waals surface area contributed by atoms with Crippen LogP contribution >= 0.6 is 34.3 Å². The Kier molecular flexibility index (Phi) is 5.42. The standard InChI is InChI=1S/C17H16ClN3O5S2/c18-13-2-1-12(28-13)15(22)19-6-11-8-21(17(24)26-11)14-5-10(9-27-14)7-20-3-4-25-16(20)23/h1-2,5,9,11H,3-4,6-8H2,(H,19,22)/t11-/m0/s1. The van der Waals surface area contributed by atoms with Crippen LogP contribution in [0.25, 0.3) is 0 Å². The van der Waals surface area contributed by atoms with E-state index in [0.717, 1.165) is 10.6 Å². The van der Waals surface area contributed by atoms with E-state index in [1.807, 2.05) is 11.4 Å². The van der Waals surface area contributed by atoms with E-state index in [2.05, 4.69) is 5.32 Å². The maximum absolute atomic E-state index is 12.2. The molecule has 2 saturated heterocycles. The molecule has 11 heteroatoms. The SMILES string of the molecule is O=C(NC[C@H]1CN(c2cc(CN3CCOC3=O)cs2)C(=O)O1)c1ccc(Cl)s1. The molecule has 1 N–H and O–H groups in total. The van der Waals surface area contributed by atoms with Gasteiger partial charge < -0.3 is 19.7 Å². The molecule has 2 aliphatic heterocycles. The molecule has 8 nitrogen and oxygen atoms in total. The quantitative estimate of drug-likeness (QED) is 0.743. The van der Waals surface area contributed by atoms with Crippen molar-refractivity contribution < 1.29 is 23.9 Å². The topological polar surface area (TPSA) is 88.2 Å². The average Bonchev–Trinajstić information content (AvgIpc) is 3.43. The minimum Gasteiger partial charge on any atom is -0.448 e. The third-order valence-electron chi connectivity index (χ3n) is 4.29. The van der Waals surface area contributed by atoms with E-state index in [1.165, 1.54) is 27.6 Å². The first-order valence-electron chi connectivity index (χ1n) is 8.50. The van der Waals surface area contributed by atoms with Gasteiger partial charge >= 0.3 is 12.2 Å². The van der Waals surface area contributed by atoms with Crippen LogP contribution in [0.3, 0.4) is 0 Å². The van der Waals surface area contributed by atoms with Crippen molar-refractivity contribution in [3.63, 3.8) is 0 Å². The smallest absolute Gasteiger partial charge is 0.415 e. The second kappa shape index (κ2) is 7.98. The number of hydrogen-bond donors (Lipinski definition) is 1. The highest BCUT2D eigenvalue weighted by atomic mass is 35.5. The summed E-state index contributed by atoms with van der Waals surface area (Å²) in [6.07, 6.45) is -1.21. The molecule has 1 atom stereocenters. The van der Waals surface area contributed by atoms with E-state index in [0.29, 0.717) is 35.5 Å². The summed E-state index contributed by atoms with van der Waals surface area (Å²) >= 11 is 8.44. The number of amides is 3. The largest absolute Gasteiger partial charge is 0.448 e. The molecular weight excluding hydrogens is 426 g/mol. The van der Waals surface area contributed by atoms with E-state index >= 15 is 0 Å². The lowest BCUT2D eigenvalue weighted by atomic mass is 10.3. The van der Waals surface area contributed by atoms with Gasteiger partial charge in [0, 0.05) is 0 Å². The Hall–Kier alpha value is -2.30. The summed E-state index contributed by atoms with van der Waals surface area (Å²) in [6, 6.07) is 5.18. The number of anilines is 1. The Balaban J connectivity index is 1.32. The highest BCUT2D eigenvalue weighted by Gasteiger charge is 2.33. The van der Waals surface area contributed by atoms with Crippen LogP contribution in [-0.4, -0.2) is 55.3 Å². The monoisotopic (exact) mass is 441 g/mol. The Morgan fingerprint density at radius 2 is 2.18 bits per heavy atom. The van der Waals surface area contributed by atoms with Gasteiger partial charge in [0.2, 0.25) is 0 Å². The summed E-state index contributed by atoms with van der Waals surface area (Å²) in [5.41, 5.74) is 0.929. The third kappa shape index (κ3) is 4.08. The van der Waals surface area contributed by atoms with Crippen molar-refractivity contribution in [2.45, 2.75) is 12.6 Å². The van der Waals surface area contributed by atoms with Gasteiger partial charge in [-0.1, -0.05) is 11.6 Å². The molecule has 0 saturated carbocycles. The van der Waals surface area contributed by atoms with Gasteiger partial charge in [-0.05, 0) is 29.1 Å². The Morgan fingerprint density at radius 1 is 1.32 bits per heavy atom. The van der Waals surface area contributed by atoms with Gasteiger partial charge in [-0.2, -0.15) is 0 Å². The zero-order chi connectivity index (χ0) is 19.7. The van der Waals surface area contributed by atoms with Crippen molar-refractivity contribution in [1.29, 1.82) is 0 Å². The summed E-state index contributed by atoms with van der Waals surface area (Å²) in [4.78, 5) is 39.5. The number of carbonyl (C=O) groups is 3. The second-order valence-electron chi connectivity index (χ2n) is 6.26. The minimum atomic E-state index is -0.451. The fraction of sp³-hybridized carbons (Fsp3) is 0.353. The molecule has 0 aromatic carbocycles. The third-order valence-corrected chi connectivity index (χ3v) is 6.52.